The molecule has 0 heterocycles. The molecule has 0 amide bonds. The second-order valence-electron chi connectivity index (χ2n) is 6.04. The van der Waals surface area contributed by atoms with E-state index in [1.54, 1.807) is 0 Å². The summed E-state index contributed by atoms with van der Waals surface area (Å²) in [6, 6.07) is 8.35. The van der Waals surface area contributed by atoms with Gasteiger partial charge in [-0.3, -0.25) is 0 Å². The first-order chi connectivity index (χ1) is 7.95. The summed E-state index contributed by atoms with van der Waals surface area (Å²) < 4.78 is 0. The summed E-state index contributed by atoms with van der Waals surface area (Å²) in [4.78, 5) is 0. The molecule has 0 saturated heterocycles. The van der Waals surface area contributed by atoms with Gasteiger partial charge in [-0.2, -0.15) is 0 Å². The predicted octanol–water partition coefficient (Wildman–Crippen LogP) is 2.44. The summed E-state index contributed by atoms with van der Waals surface area (Å²) in [6.07, 6.45) is 0.800. The highest BCUT2D eigenvalue weighted by Crippen LogP contribution is 2.55. The standard InChI is InChI=1S/C15H23NO/c1-10-4-6-11(7-5-10)12(9-16)14(17)13-8-15(13,2)3/h4-7,12-14,17H,8-9,16H2,1-3H3. The van der Waals surface area contributed by atoms with E-state index in [2.05, 4.69) is 45.0 Å². The van der Waals surface area contributed by atoms with Crippen LogP contribution in [0, 0.1) is 18.3 Å². The van der Waals surface area contributed by atoms with Gasteiger partial charge < -0.3 is 10.8 Å². The molecule has 0 aliphatic heterocycles. The number of aliphatic hydroxyl groups is 1. The van der Waals surface area contributed by atoms with Gasteiger partial charge in [-0.1, -0.05) is 43.7 Å². The van der Waals surface area contributed by atoms with Crippen LogP contribution in [0.1, 0.15) is 37.3 Å². The third-order valence-corrected chi connectivity index (χ3v) is 4.17. The molecule has 17 heavy (non-hydrogen) atoms. The molecule has 0 radical (unpaired) electrons. The molecule has 0 bridgehead atoms. The van der Waals surface area contributed by atoms with Crippen molar-refractivity contribution in [3.8, 4) is 0 Å². The molecule has 2 rings (SSSR count). The van der Waals surface area contributed by atoms with Crippen LogP contribution in [0.4, 0.5) is 0 Å². The van der Waals surface area contributed by atoms with Gasteiger partial charge >= 0.3 is 0 Å². The lowest BCUT2D eigenvalue weighted by molar-refractivity contribution is 0.109. The second kappa shape index (κ2) is 4.43. The number of hydrogen-bond acceptors (Lipinski definition) is 2. The van der Waals surface area contributed by atoms with Gasteiger partial charge in [0.15, 0.2) is 0 Å². The highest BCUT2D eigenvalue weighted by Gasteiger charge is 2.51. The summed E-state index contributed by atoms with van der Waals surface area (Å²) in [7, 11) is 0. The van der Waals surface area contributed by atoms with Crippen molar-refractivity contribution in [2.24, 2.45) is 17.1 Å². The lowest BCUT2D eigenvalue weighted by atomic mass is 9.88. The number of hydrogen-bond donors (Lipinski definition) is 2. The summed E-state index contributed by atoms with van der Waals surface area (Å²) in [5.74, 6) is 0.472. The first-order valence-corrected chi connectivity index (χ1v) is 6.40. The van der Waals surface area contributed by atoms with Gasteiger partial charge in [-0.15, -0.1) is 0 Å². The summed E-state index contributed by atoms with van der Waals surface area (Å²) in [6.45, 7) is 7.01. The van der Waals surface area contributed by atoms with Gasteiger partial charge in [0.2, 0.25) is 0 Å². The average Bonchev–Trinajstić information content (AvgIpc) is 2.91. The third-order valence-electron chi connectivity index (χ3n) is 4.17. The van der Waals surface area contributed by atoms with Gasteiger partial charge in [0, 0.05) is 12.5 Å². The Morgan fingerprint density at radius 1 is 1.35 bits per heavy atom. The Labute approximate surface area is 104 Å². The molecule has 0 spiro atoms. The maximum atomic E-state index is 10.4. The van der Waals surface area contributed by atoms with Crippen LogP contribution in [0.2, 0.25) is 0 Å². The van der Waals surface area contributed by atoms with Crippen LogP contribution in [0.5, 0.6) is 0 Å². The molecule has 1 fully saturated rings. The third kappa shape index (κ3) is 2.53. The topological polar surface area (TPSA) is 46.2 Å². The predicted molar refractivity (Wildman–Crippen MR) is 70.9 cm³/mol. The molecular formula is C15H23NO. The van der Waals surface area contributed by atoms with Crippen LogP contribution in [-0.4, -0.2) is 17.8 Å². The zero-order valence-electron chi connectivity index (χ0n) is 11.0. The van der Waals surface area contributed by atoms with E-state index in [0.717, 1.165) is 12.0 Å². The fraction of sp³-hybridized carbons (Fsp3) is 0.600. The van der Waals surface area contributed by atoms with Crippen LogP contribution in [0.3, 0.4) is 0 Å². The van der Waals surface area contributed by atoms with Crippen molar-refractivity contribution in [3.05, 3.63) is 35.4 Å². The first kappa shape index (κ1) is 12.6. The van der Waals surface area contributed by atoms with Gasteiger partial charge in [-0.25, -0.2) is 0 Å². The Kier molecular flexibility index (Phi) is 3.28. The molecule has 3 atom stereocenters. The molecule has 2 nitrogen and oxygen atoms in total. The van der Waals surface area contributed by atoms with E-state index < -0.39 is 0 Å². The normalized spacial score (nSPS) is 25.4. The molecule has 3 unspecified atom stereocenters. The maximum absolute atomic E-state index is 10.4. The van der Waals surface area contributed by atoms with Crippen LogP contribution < -0.4 is 5.73 Å². The molecular weight excluding hydrogens is 210 g/mol. The fourth-order valence-corrected chi connectivity index (χ4v) is 2.66. The first-order valence-electron chi connectivity index (χ1n) is 6.40. The van der Waals surface area contributed by atoms with Crippen LogP contribution in [0.25, 0.3) is 0 Å². The number of aryl methyl sites for hydroxylation is 1. The summed E-state index contributed by atoms with van der Waals surface area (Å²) in [5.41, 5.74) is 8.53. The molecule has 1 saturated carbocycles. The zero-order chi connectivity index (χ0) is 12.6. The van der Waals surface area contributed by atoms with Crippen molar-refractivity contribution in [2.75, 3.05) is 6.54 Å². The lowest BCUT2D eigenvalue weighted by Gasteiger charge is -2.23. The maximum Gasteiger partial charge on any atom is 0.0654 e. The lowest BCUT2D eigenvalue weighted by Crippen LogP contribution is -2.29. The number of benzene rings is 1. The molecule has 1 aromatic rings. The molecule has 1 aliphatic carbocycles. The highest BCUT2D eigenvalue weighted by molar-refractivity contribution is 5.26. The van der Waals surface area contributed by atoms with Gasteiger partial charge in [-0.05, 0) is 30.2 Å². The fourth-order valence-electron chi connectivity index (χ4n) is 2.66. The molecule has 1 aromatic carbocycles. The Morgan fingerprint density at radius 3 is 2.29 bits per heavy atom. The SMILES string of the molecule is Cc1ccc(C(CN)C(O)C2CC2(C)C)cc1. The number of aliphatic hydroxyl groups excluding tert-OH is 1. The van der Waals surface area contributed by atoms with Gasteiger partial charge in [0.25, 0.3) is 0 Å². The summed E-state index contributed by atoms with van der Waals surface area (Å²) >= 11 is 0. The van der Waals surface area contributed by atoms with E-state index >= 15 is 0 Å². The monoisotopic (exact) mass is 233 g/mol. The summed E-state index contributed by atoms with van der Waals surface area (Å²) in [5, 5.41) is 10.4. The smallest absolute Gasteiger partial charge is 0.0654 e. The molecule has 1 aliphatic rings. The molecule has 94 valence electrons. The highest BCUT2D eigenvalue weighted by atomic mass is 16.3. The number of nitrogens with two attached hydrogens (primary N) is 1. The minimum absolute atomic E-state index is 0.0716. The van der Waals surface area contributed by atoms with Crippen molar-refractivity contribution >= 4 is 0 Å². The van der Waals surface area contributed by atoms with Crippen molar-refractivity contribution in [1.82, 2.24) is 0 Å². The van der Waals surface area contributed by atoms with E-state index in [1.165, 1.54) is 5.56 Å². The minimum Gasteiger partial charge on any atom is -0.392 e. The largest absolute Gasteiger partial charge is 0.392 e. The van der Waals surface area contributed by atoms with Gasteiger partial charge in [0.1, 0.15) is 0 Å². The van der Waals surface area contributed by atoms with E-state index in [9.17, 15) is 5.11 Å². The Morgan fingerprint density at radius 2 is 1.88 bits per heavy atom. The average molecular weight is 233 g/mol. The minimum atomic E-state index is -0.308. The van der Waals surface area contributed by atoms with Crippen LogP contribution in [-0.2, 0) is 0 Å². The van der Waals surface area contributed by atoms with Crippen molar-refractivity contribution < 1.29 is 5.11 Å². The van der Waals surface area contributed by atoms with E-state index in [4.69, 9.17) is 5.73 Å². The number of rotatable bonds is 4. The second-order valence-corrected chi connectivity index (χ2v) is 6.04. The molecule has 0 aromatic heterocycles. The quantitative estimate of drug-likeness (QED) is 0.839. The molecule has 3 N–H and O–H groups in total. The van der Waals surface area contributed by atoms with Gasteiger partial charge in [0.05, 0.1) is 6.10 Å². The van der Waals surface area contributed by atoms with Crippen LogP contribution >= 0.6 is 0 Å². The van der Waals surface area contributed by atoms with Crippen molar-refractivity contribution in [2.45, 2.75) is 39.2 Å². The Bertz CT molecular complexity index is 382. The van der Waals surface area contributed by atoms with E-state index in [-0.39, 0.29) is 17.4 Å². The Balaban J connectivity index is 2.14. The van der Waals surface area contributed by atoms with Crippen molar-refractivity contribution in [1.29, 1.82) is 0 Å². The zero-order valence-corrected chi connectivity index (χ0v) is 11.0. The molecule has 2 heteroatoms. The van der Waals surface area contributed by atoms with Crippen LogP contribution in [0.15, 0.2) is 24.3 Å². The van der Waals surface area contributed by atoms with E-state index in [0.29, 0.717) is 12.5 Å². The van der Waals surface area contributed by atoms with E-state index in [1.807, 2.05) is 0 Å². The van der Waals surface area contributed by atoms with Crippen molar-refractivity contribution in [3.63, 3.8) is 0 Å². The Hall–Kier alpha value is -0.860.